The Labute approximate surface area is 151 Å². The third kappa shape index (κ3) is 4.03. The lowest BCUT2D eigenvalue weighted by molar-refractivity contribution is 0.628. The first-order valence-electron chi connectivity index (χ1n) is 6.65. The molecule has 122 valence electrons. The van der Waals surface area contributed by atoms with Gasteiger partial charge in [0.15, 0.2) is 5.82 Å². The highest BCUT2D eigenvalue weighted by atomic mass is 35.5. The van der Waals surface area contributed by atoms with Crippen LogP contribution in [-0.4, -0.2) is 15.2 Å². The van der Waals surface area contributed by atoms with Gasteiger partial charge in [0, 0.05) is 10.7 Å². The summed E-state index contributed by atoms with van der Waals surface area (Å²) in [4.78, 5) is 4.25. The Bertz CT molecular complexity index is 891. The molecule has 0 fully saturated rings. The number of nitrogens with one attached hydrogen (secondary N) is 2. The molecule has 0 atom stereocenters. The fraction of sp³-hybridized carbons (Fsp3) is 0. The van der Waals surface area contributed by atoms with Crippen LogP contribution in [0, 0.1) is 5.82 Å². The molecular formula is C15H9Cl3FN5. The fourth-order valence-corrected chi connectivity index (χ4v) is 2.49. The summed E-state index contributed by atoms with van der Waals surface area (Å²) in [5.74, 6) is 0.139. The Morgan fingerprint density at radius 2 is 1.75 bits per heavy atom. The number of hydrogen-bond acceptors (Lipinski definition) is 5. The van der Waals surface area contributed by atoms with Crippen molar-refractivity contribution in [1.82, 2.24) is 15.2 Å². The highest BCUT2D eigenvalue weighted by Gasteiger charge is 2.07. The van der Waals surface area contributed by atoms with Gasteiger partial charge in [-0.05, 0) is 36.4 Å². The van der Waals surface area contributed by atoms with E-state index in [0.29, 0.717) is 27.2 Å². The molecule has 0 spiro atoms. The smallest absolute Gasteiger partial charge is 0.249 e. The second-order valence-corrected chi connectivity index (χ2v) is 5.92. The lowest BCUT2D eigenvalue weighted by Crippen LogP contribution is -2.02. The topological polar surface area (TPSA) is 62.7 Å². The van der Waals surface area contributed by atoms with Gasteiger partial charge in [0.2, 0.25) is 5.95 Å². The summed E-state index contributed by atoms with van der Waals surface area (Å²) >= 11 is 17.7. The summed E-state index contributed by atoms with van der Waals surface area (Å²) in [5.41, 5.74) is 1.15. The first-order valence-corrected chi connectivity index (χ1v) is 7.78. The molecule has 0 aliphatic carbocycles. The quantitative estimate of drug-likeness (QED) is 0.625. The first kappa shape index (κ1) is 16.7. The number of halogens is 4. The van der Waals surface area contributed by atoms with E-state index < -0.39 is 5.82 Å². The van der Waals surface area contributed by atoms with Gasteiger partial charge in [-0.15, -0.1) is 5.10 Å². The average molecular weight is 385 g/mol. The van der Waals surface area contributed by atoms with E-state index >= 15 is 0 Å². The SMILES string of the molecule is Fc1ccc(Nc2cnnc(Nc3ccc(Cl)cc3Cl)n2)cc1Cl. The van der Waals surface area contributed by atoms with Crippen molar-refractivity contribution in [1.29, 1.82) is 0 Å². The molecule has 0 aliphatic heterocycles. The molecule has 1 aromatic heterocycles. The second kappa shape index (κ2) is 7.17. The molecule has 0 bridgehead atoms. The Kier molecular flexibility index (Phi) is 4.99. The van der Waals surface area contributed by atoms with Gasteiger partial charge >= 0.3 is 0 Å². The Balaban J connectivity index is 1.79. The molecule has 24 heavy (non-hydrogen) atoms. The second-order valence-electron chi connectivity index (χ2n) is 4.67. The molecule has 0 unspecified atom stereocenters. The summed E-state index contributed by atoms with van der Waals surface area (Å²) in [6.45, 7) is 0. The van der Waals surface area contributed by atoms with Crippen LogP contribution in [0.15, 0.2) is 42.6 Å². The van der Waals surface area contributed by atoms with Crippen LogP contribution in [0.3, 0.4) is 0 Å². The van der Waals surface area contributed by atoms with Crippen molar-refractivity contribution in [2.75, 3.05) is 10.6 Å². The molecule has 0 saturated carbocycles. The van der Waals surface area contributed by atoms with Gasteiger partial charge in [-0.3, -0.25) is 0 Å². The summed E-state index contributed by atoms with van der Waals surface area (Å²) in [5, 5.41) is 14.6. The maximum absolute atomic E-state index is 13.2. The van der Waals surface area contributed by atoms with Gasteiger partial charge in [0.25, 0.3) is 0 Å². The average Bonchev–Trinajstić information content (AvgIpc) is 2.54. The minimum absolute atomic E-state index is 0.00769. The number of nitrogens with zero attached hydrogens (tertiary/aromatic N) is 3. The van der Waals surface area contributed by atoms with Crippen molar-refractivity contribution in [2.45, 2.75) is 0 Å². The molecular weight excluding hydrogens is 376 g/mol. The molecule has 3 aromatic rings. The van der Waals surface area contributed by atoms with Gasteiger partial charge in [-0.25, -0.2) is 4.39 Å². The van der Waals surface area contributed by atoms with E-state index in [1.165, 1.54) is 24.4 Å². The summed E-state index contributed by atoms with van der Waals surface area (Å²) in [6.07, 6.45) is 1.42. The Morgan fingerprint density at radius 1 is 0.917 bits per heavy atom. The van der Waals surface area contributed by atoms with E-state index in [4.69, 9.17) is 34.8 Å². The zero-order chi connectivity index (χ0) is 17.1. The third-order valence-electron chi connectivity index (χ3n) is 2.93. The monoisotopic (exact) mass is 383 g/mol. The molecule has 9 heteroatoms. The highest BCUT2D eigenvalue weighted by molar-refractivity contribution is 6.36. The molecule has 0 aliphatic rings. The lowest BCUT2D eigenvalue weighted by Gasteiger charge is -2.09. The third-order valence-corrected chi connectivity index (χ3v) is 3.77. The van der Waals surface area contributed by atoms with Crippen LogP contribution in [0.2, 0.25) is 15.1 Å². The van der Waals surface area contributed by atoms with E-state index in [0.717, 1.165) is 0 Å². The van der Waals surface area contributed by atoms with E-state index in [2.05, 4.69) is 25.8 Å². The number of benzene rings is 2. The van der Waals surface area contributed by atoms with Crippen LogP contribution in [-0.2, 0) is 0 Å². The van der Waals surface area contributed by atoms with Crippen molar-refractivity contribution in [2.24, 2.45) is 0 Å². The van der Waals surface area contributed by atoms with Crippen molar-refractivity contribution in [3.8, 4) is 0 Å². The van der Waals surface area contributed by atoms with Crippen LogP contribution < -0.4 is 10.6 Å². The Morgan fingerprint density at radius 3 is 2.50 bits per heavy atom. The standard InChI is InChI=1S/C15H9Cl3FN5/c16-8-1-4-13(11(18)5-8)22-15-23-14(7-20-24-15)21-9-2-3-12(19)10(17)6-9/h1-7H,(H2,21,22,23,24). The van der Waals surface area contributed by atoms with E-state index in [1.807, 2.05) is 0 Å². The summed E-state index contributed by atoms with van der Waals surface area (Å²) < 4.78 is 13.2. The van der Waals surface area contributed by atoms with Crippen LogP contribution in [0.25, 0.3) is 0 Å². The van der Waals surface area contributed by atoms with Crippen molar-refractivity contribution in [3.05, 3.63) is 63.5 Å². The molecule has 0 radical (unpaired) electrons. The predicted octanol–water partition coefficient (Wildman–Crippen LogP) is 5.46. The van der Waals surface area contributed by atoms with Crippen LogP contribution in [0.5, 0.6) is 0 Å². The van der Waals surface area contributed by atoms with Gasteiger partial charge in [0.1, 0.15) is 5.82 Å². The number of rotatable bonds is 4. The van der Waals surface area contributed by atoms with Crippen LogP contribution in [0.1, 0.15) is 0 Å². The van der Waals surface area contributed by atoms with E-state index in [9.17, 15) is 4.39 Å². The van der Waals surface area contributed by atoms with E-state index in [1.54, 1.807) is 18.2 Å². The molecule has 0 saturated heterocycles. The van der Waals surface area contributed by atoms with Gasteiger partial charge in [0.05, 0.1) is 21.9 Å². The number of aromatic nitrogens is 3. The molecule has 2 aromatic carbocycles. The molecule has 2 N–H and O–H groups in total. The zero-order valence-electron chi connectivity index (χ0n) is 11.9. The Hall–Kier alpha value is -2.15. The fourth-order valence-electron chi connectivity index (χ4n) is 1.85. The number of anilines is 4. The van der Waals surface area contributed by atoms with Crippen molar-refractivity contribution < 1.29 is 4.39 Å². The summed E-state index contributed by atoms with van der Waals surface area (Å²) in [6, 6.07) is 9.22. The largest absolute Gasteiger partial charge is 0.339 e. The van der Waals surface area contributed by atoms with Gasteiger partial charge in [-0.1, -0.05) is 34.8 Å². The molecule has 1 heterocycles. The maximum Gasteiger partial charge on any atom is 0.249 e. The highest BCUT2D eigenvalue weighted by Crippen LogP contribution is 2.27. The summed E-state index contributed by atoms with van der Waals surface area (Å²) in [7, 11) is 0. The minimum atomic E-state index is -0.497. The van der Waals surface area contributed by atoms with Crippen LogP contribution >= 0.6 is 34.8 Å². The molecule has 5 nitrogen and oxygen atoms in total. The van der Waals surface area contributed by atoms with Gasteiger partial charge in [-0.2, -0.15) is 10.1 Å². The zero-order valence-corrected chi connectivity index (χ0v) is 14.2. The first-order chi connectivity index (χ1) is 11.5. The predicted molar refractivity (Wildman–Crippen MR) is 94.3 cm³/mol. The van der Waals surface area contributed by atoms with Gasteiger partial charge < -0.3 is 10.6 Å². The molecule has 3 rings (SSSR count). The molecule has 0 amide bonds. The normalized spacial score (nSPS) is 10.5. The minimum Gasteiger partial charge on any atom is -0.339 e. The van der Waals surface area contributed by atoms with Crippen LogP contribution in [0.4, 0.5) is 27.5 Å². The van der Waals surface area contributed by atoms with Crippen molar-refractivity contribution >= 4 is 57.9 Å². The number of hydrogen-bond donors (Lipinski definition) is 2. The van der Waals surface area contributed by atoms with Crippen molar-refractivity contribution in [3.63, 3.8) is 0 Å². The maximum atomic E-state index is 13.2. The lowest BCUT2D eigenvalue weighted by atomic mass is 10.3. The van der Waals surface area contributed by atoms with E-state index in [-0.39, 0.29) is 11.0 Å².